The van der Waals surface area contributed by atoms with Gasteiger partial charge in [-0.25, -0.2) is 0 Å². The standard InChI is InChI=1S/C21H26F2N4O2.HI/c1-3-11-25-19(28)16-9-6-7-15(12-16)13-26-21(24-2)27-14-17-8-4-5-10-18(17)29-20(22)23;/h4-10,12,20H,3,11,13-14H2,1-2H3,(H,25,28)(H2,24,26,27);1H. The Morgan fingerprint density at radius 3 is 2.50 bits per heavy atom. The van der Waals surface area contributed by atoms with Crippen LogP contribution in [-0.2, 0) is 13.1 Å². The second-order valence-electron chi connectivity index (χ2n) is 6.22. The molecule has 0 bridgehead atoms. The van der Waals surface area contributed by atoms with Crippen molar-refractivity contribution in [2.75, 3.05) is 13.6 Å². The molecule has 9 heteroatoms. The first kappa shape index (κ1) is 25.6. The van der Waals surface area contributed by atoms with E-state index in [1.165, 1.54) is 6.07 Å². The summed E-state index contributed by atoms with van der Waals surface area (Å²) >= 11 is 0. The van der Waals surface area contributed by atoms with Gasteiger partial charge in [-0.1, -0.05) is 37.3 Å². The molecule has 0 saturated heterocycles. The van der Waals surface area contributed by atoms with E-state index < -0.39 is 6.61 Å². The summed E-state index contributed by atoms with van der Waals surface area (Å²) in [7, 11) is 1.62. The smallest absolute Gasteiger partial charge is 0.387 e. The Bertz CT molecular complexity index is 834. The number of alkyl halides is 2. The zero-order valence-electron chi connectivity index (χ0n) is 17.0. The molecule has 0 aliphatic carbocycles. The van der Waals surface area contributed by atoms with Crippen molar-refractivity contribution in [3.05, 3.63) is 65.2 Å². The van der Waals surface area contributed by atoms with Crippen LogP contribution in [0.2, 0.25) is 0 Å². The number of hydrogen-bond donors (Lipinski definition) is 3. The number of hydrogen-bond acceptors (Lipinski definition) is 3. The van der Waals surface area contributed by atoms with Gasteiger partial charge in [0, 0.05) is 37.8 Å². The first-order valence-corrected chi connectivity index (χ1v) is 9.37. The third-order valence-electron chi connectivity index (χ3n) is 4.04. The zero-order valence-corrected chi connectivity index (χ0v) is 19.3. The van der Waals surface area contributed by atoms with Crippen molar-refractivity contribution in [2.45, 2.75) is 33.0 Å². The predicted octanol–water partition coefficient (Wildman–Crippen LogP) is 3.91. The molecule has 0 fully saturated rings. The van der Waals surface area contributed by atoms with Crippen molar-refractivity contribution in [3.8, 4) is 5.75 Å². The third-order valence-corrected chi connectivity index (χ3v) is 4.04. The Morgan fingerprint density at radius 1 is 1.07 bits per heavy atom. The van der Waals surface area contributed by atoms with Gasteiger partial charge in [-0.05, 0) is 30.2 Å². The van der Waals surface area contributed by atoms with Crippen molar-refractivity contribution in [3.63, 3.8) is 0 Å². The molecule has 3 N–H and O–H groups in total. The summed E-state index contributed by atoms with van der Waals surface area (Å²) in [5.74, 6) is 0.515. The fourth-order valence-corrected chi connectivity index (χ4v) is 2.61. The number of ether oxygens (including phenoxy) is 1. The monoisotopic (exact) mass is 532 g/mol. The second-order valence-corrected chi connectivity index (χ2v) is 6.22. The largest absolute Gasteiger partial charge is 0.434 e. The molecule has 0 radical (unpaired) electrons. The van der Waals surface area contributed by atoms with Crippen LogP contribution < -0.4 is 20.7 Å². The van der Waals surface area contributed by atoms with Crippen molar-refractivity contribution in [2.24, 2.45) is 4.99 Å². The summed E-state index contributed by atoms with van der Waals surface area (Å²) < 4.78 is 29.6. The zero-order chi connectivity index (χ0) is 21.1. The van der Waals surface area contributed by atoms with Crippen LogP contribution >= 0.6 is 24.0 Å². The topological polar surface area (TPSA) is 74.8 Å². The van der Waals surface area contributed by atoms with Crippen LogP contribution in [0.25, 0.3) is 0 Å². The van der Waals surface area contributed by atoms with Gasteiger partial charge in [0.1, 0.15) is 5.75 Å². The number of amides is 1. The summed E-state index contributed by atoms with van der Waals surface area (Å²) in [5.41, 5.74) is 2.10. The number of nitrogens with zero attached hydrogens (tertiary/aromatic N) is 1. The average molecular weight is 532 g/mol. The number of nitrogens with one attached hydrogen (secondary N) is 3. The molecule has 0 aliphatic rings. The van der Waals surface area contributed by atoms with E-state index in [9.17, 15) is 13.6 Å². The fraction of sp³-hybridized carbons (Fsp3) is 0.333. The number of guanidine groups is 1. The van der Waals surface area contributed by atoms with E-state index in [1.807, 2.05) is 25.1 Å². The number of carbonyl (C=O) groups is 1. The summed E-state index contributed by atoms with van der Waals surface area (Å²) in [6, 6.07) is 13.9. The van der Waals surface area contributed by atoms with Gasteiger partial charge in [0.05, 0.1) is 0 Å². The second kappa shape index (κ2) is 13.7. The average Bonchev–Trinajstić information content (AvgIpc) is 2.73. The van der Waals surface area contributed by atoms with E-state index in [1.54, 1.807) is 31.3 Å². The molecule has 0 spiro atoms. The molecule has 0 aromatic heterocycles. The summed E-state index contributed by atoms with van der Waals surface area (Å²) in [5, 5.41) is 9.06. The number of para-hydroxylation sites is 1. The Labute approximate surface area is 192 Å². The molecular formula is C21H27F2IN4O2. The van der Waals surface area contributed by atoms with Crippen LogP contribution in [0.4, 0.5) is 8.78 Å². The van der Waals surface area contributed by atoms with Crippen LogP contribution in [0.15, 0.2) is 53.5 Å². The third kappa shape index (κ3) is 8.52. The van der Waals surface area contributed by atoms with Gasteiger partial charge < -0.3 is 20.7 Å². The number of rotatable bonds is 9. The van der Waals surface area contributed by atoms with Gasteiger partial charge in [-0.3, -0.25) is 9.79 Å². The highest BCUT2D eigenvalue weighted by atomic mass is 127. The molecule has 1 amide bonds. The van der Waals surface area contributed by atoms with Gasteiger partial charge in [0.15, 0.2) is 5.96 Å². The van der Waals surface area contributed by atoms with Gasteiger partial charge in [-0.15, -0.1) is 24.0 Å². The maximum Gasteiger partial charge on any atom is 0.387 e. The summed E-state index contributed by atoms with van der Waals surface area (Å²) in [6.45, 7) is 0.466. The number of benzene rings is 2. The van der Waals surface area contributed by atoms with E-state index in [0.29, 0.717) is 30.2 Å². The molecular weight excluding hydrogens is 505 g/mol. The molecule has 2 rings (SSSR count). The van der Waals surface area contributed by atoms with E-state index in [-0.39, 0.29) is 42.2 Å². The minimum atomic E-state index is -2.88. The Balaban J connectivity index is 0.00000450. The Hall–Kier alpha value is -2.43. The normalized spacial score (nSPS) is 10.9. The van der Waals surface area contributed by atoms with Gasteiger partial charge in [0.25, 0.3) is 5.91 Å². The molecule has 0 unspecified atom stereocenters. The first-order valence-electron chi connectivity index (χ1n) is 9.37. The van der Waals surface area contributed by atoms with Crippen LogP contribution in [0.3, 0.4) is 0 Å². The minimum Gasteiger partial charge on any atom is -0.434 e. The van der Waals surface area contributed by atoms with Gasteiger partial charge in [-0.2, -0.15) is 8.78 Å². The molecule has 164 valence electrons. The lowest BCUT2D eigenvalue weighted by Crippen LogP contribution is -2.36. The SMILES string of the molecule is CCCNC(=O)c1cccc(CNC(=NC)NCc2ccccc2OC(F)F)c1.I. The van der Waals surface area contributed by atoms with Crippen LogP contribution in [0.1, 0.15) is 34.8 Å². The number of aliphatic imine (C=N–C) groups is 1. The van der Waals surface area contributed by atoms with E-state index in [4.69, 9.17) is 0 Å². The highest BCUT2D eigenvalue weighted by Gasteiger charge is 2.10. The molecule has 2 aromatic carbocycles. The van der Waals surface area contributed by atoms with Crippen LogP contribution in [0, 0.1) is 0 Å². The van der Waals surface area contributed by atoms with Crippen molar-refractivity contribution in [1.29, 1.82) is 0 Å². The molecule has 30 heavy (non-hydrogen) atoms. The lowest BCUT2D eigenvalue weighted by atomic mass is 10.1. The molecule has 0 heterocycles. The summed E-state index contributed by atoms with van der Waals surface area (Å²) in [6.07, 6.45) is 0.875. The first-order chi connectivity index (χ1) is 14.0. The van der Waals surface area contributed by atoms with Crippen molar-refractivity contribution < 1.29 is 18.3 Å². The summed E-state index contributed by atoms with van der Waals surface area (Å²) in [4.78, 5) is 16.2. The number of carbonyl (C=O) groups excluding carboxylic acids is 1. The van der Waals surface area contributed by atoms with Crippen LogP contribution in [0.5, 0.6) is 5.75 Å². The molecule has 2 aromatic rings. The van der Waals surface area contributed by atoms with E-state index >= 15 is 0 Å². The quantitative estimate of drug-likeness (QED) is 0.260. The van der Waals surface area contributed by atoms with E-state index in [2.05, 4.69) is 25.7 Å². The molecule has 0 saturated carbocycles. The maximum absolute atomic E-state index is 12.5. The van der Waals surface area contributed by atoms with Gasteiger partial charge in [0.2, 0.25) is 0 Å². The van der Waals surface area contributed by atoms with Crippen molar-refractivity contribution >= 4 is 35.8 Å². The Morgan fingerprint density at radius 2 is 1.80 bits per heavy atom. The molecule has 6 nitrogen and oxygen atoms in total. The predicted molar refractivity (Wildman–Crippen MR) is 125 cm³/mol. The lowest BCUT2D eigenvalue weighted by molar-refractivity contribution is -0.0504. The highest BCUT2D eigenvalue weighted by molar-refractivity contribution is 14.0. The highest BCUT2D eigenvalue weighted by Crippen LogP contribution is 2.19. The van der Waals surface area contributed by atoms with Gasteiger partial charge >= 0.3 is 6.61 Å². The molecule has 0 atom stereocenters. The Kier molecular flexibility index (Phi) is 11.7. The fourth-order valence-electron chi connectivity index (χ4n) is 2.61. The van der Waals surface area contributed by atoms with E-state index in [0.717, 1.165) is 12.0 Å². The van der Waals surface area contributed by atoms with Crippen molar-refractivity contribution in [1.82, 2.24) is 16.0 Å². The molecule has 0 aliphatic heterocycles. The lowest BCUT2D eigenvalue weighted by Gasteiger charge is -2.15. The number of halogens is 3. The maximum atomic E-state index is 12.5. The minimum absolute atomic E-state index is 0. The van der Waals surface area contributed by atoms with Crippen LogP contribution in [-0.4, -0.2) is 32.1 Å².